The van der Waals surface area contributed by atoms with Gasteiger partial charge in [-0.3, -0.25) is 9.59 Å². The molecule has 9 rings (SSSR count). The van der Waals surface area contributed by atoms with Crippen LogP contribution in [-0.4, -0.2) is 56.3 Å². The highest BCUT2D eigenvalue weighted by Gasteiger charge is 2.21. The van der Waals surface area contributed by atoms with Gasteiger partial charge in [0.15, 0.2) is 75.8 Å². The van der Waals surface area contributed by atoms with Crippen molar-refractivity contribution in [1.29, 1.82) is 0 Å². The second-order valence-electron chi connectivity index (χ2n) is 18.7. The standard InChI is InChI=1S/C62H52B4N6O2/c1-43(2)61(73)67-24-13-25-68-62(74)52-29-50(55-31-53(39-71(41-55)37-48-16-5-9-22-59(48)65)44-18-11-26-69(33-44)35-46-14-3-7-20-57(46)63)28-51(30-52)56-32-54(40-72(42-56)38-49-17-6-10-23-60(49)66)45-19-12-27-70(34-45)36-47-15-4-8-21-58(47)64/h3-12,14-23,26-34,39-42H,1,13,24-25,35-38H2,2H3/q+2/p+2. The van der Waals surface area contributed by atoms with Crippen molar-refractivity contribution in [2.75, 3.05) is 13.1 Å². The third-order valence-corrected chi connectivity index (χ3v) is 13.0. The molecule has 2 amide bonds. The lowest BCUT2D eigenvalue weighted by Crippen LogP contribution is -2.37. The number of benzene rings is 5. The van der Waals surface area contributed by atoms with Crippen molar-refractivity contribution in [1.82, 2.24) is 10.6 Å². The van der Waals surface area contributed by atoms with Crippen LogP contribution in [0.5, 0.6) is 0 Å². The van der Waals surface area contributed by atoms with E-state index >= 15 is 0 Å². The molecule has 0 aliphatic carbocycles. The molecule has 8 nitrogen and oxygen atoms in total. The summed E-state index contributed by atoms with van der Waals surface area (Å²) in [6, 6.07) is 50.3. The van der Waals surface area contributed by atoms with Crippen molar-refractivity contribution >= 4 is 65.1 Å². The first kappa shape index (κ1) is 50.6. The fourth-order valence-electron chi connectivity index (χ4n) is 9.01. The first-order chi connectivity index (χ1) is 35.9. The highest BCUT2D eigenvalue weighted by Crippen LogP contribution is 2.32. The minimum absolute atomic E-state index is 0.213. The van der Waals surface area contributed by atoms with Gasteiger partial charge in [-0.15, -0.1) is 0 Å². The van der Waals surface area contributed by atoms with Crippen LogP contribution in [0, 0.1) is 0 Å². The average molecular weight is 958 g/mol. The summed E-state index contributed by atoms with van der Waals surface area (Å²) in [4.78, 5) is 26.6. The van der Waals surface area contributed by atoms with E-state index in [0.717, 1.165) is 77.7 Å². The topological polar surface area (TPSA) is 73.7 Å². The van der Waals surface area contributed by atoms with E-state index in [1.165, 1.54) is 0 Å². The molecule has 9 aromatic rings. The molecule has 0 spiro atoms. The van der Waals surface area contributed by atoms with Gasteiger partial charge in [0, 0.05) is 69.7 Å². The number of amides is 2. The third kappa shape index (κ3) is 12.8. The van der Waals surface area contributed by atoms with Crippen molar-refractivity contribution in [3.8, 4) is 44.5 Å². The molecule has 0 saturated carbocycles. The van der Waals surface area contributed by atoms with Crippen LogP contribution in [0.25, 0.3) is 44.5 Å². The van der Waals surface area contributed by atoms with Crippen LogP contribution < -0.4 is 50.8 Å². The van der Waals surface area contributed by atoms with Gasteiger partial charge in [0.25, 0.3) is 5.91 Å². The quantitative estimate of drug-likeness (QED) is 0.0568. The molecule has 0 aliphatic heterocycles. The van der Waals surface area contributed by atoms with Crippen LogP contribution in [0.3, 0.4) is 0 Å². The zero-order chi connectivity index (χ0) is 51.6. The van der Waals surface area contributed by atoms with Crippen LogP contribution in [0.1, 0.15) is 46.0 Å². The number of nitrogens with one attached hydrogen (secondary N) is 2. The number of aromatic nitrogens is 4. The Labute approximate surface area is 439 Å². The molecule has 12 heteroatoms. The van der Waals surface area contributed by atoms with Crippen LogP contribution in [0.15, 0.2) is 213 Å². The second-order valence-corrected chi connectivity index (χ2v) is 18.7. The van der Waals surface area contributed by atoms with E-state index in [0.29, 0.717) is 67.8 Å². The average Bonchev–Trinajstić information content (AvgIpc) is 3.41. The van der Waals surface area contributed by atoms with Gasteiger partial charge in [-0.2, -0.15) is 9.13 Å². The summed E-state index contributed by atoms with van der Waals surface area (Å²) in [5.74, 6) is -0.454. The van der Waals surface area contributed by atoms with Crippen LogP contribution in [0.2, 0.25) is 0 Å². The van der Waals surface area contributed by atoms with Crippen LogP contribution in [-0.2, 0) is 31.0 Å². The van der Waals surface area contributed by atoms with E-state index in [1.54, 1.807) is 6.92 Å². The molecule has 0 atom stereocenters. The molecule has 0 unspecified atom stereocenters. The number of pyridine rings is 4. The number of hydrogen-bond donors (Lipinski definition) is 2. The van der Waals surface area contributed by atoms with Crippen LogP contribution in [0.4, 0.5) is 0 Å². The first-order valence-electron chi connectivity index (χ1n) is 24.7. The maximum atomic E-state index is 14.4. The number of carbonyl (C=O) groups excluding carboxylic acids is 2. The van der Waals surface area contributed by atoms with Gasteiger partial charge < -0.3 is 10.6 Å². The highest BCUT2D eigenvalue weighted by atomic mass is 16.2. The molecular weight excluding hydrogens is 904 g/mol. The monoisotopic (exact) mass is 958 g/mol. The molecule has 0 saturated heterocycles. The van der Waals surface area contributed by atoms with Crippen molar-refractivity contribution in [2.45, 2.75) is 39.5 Å². The number of rotatable bonds is 18. The summed E-state index contributed by atoms with van der Waals surface area (Å²) in [6.07, 6.45) is 17.4. The minimum Gasteiger partial charge on any atom is -0.352 e. The van der Waals surface area contributed by atoms with Gasteiger partial charge in [0.05, 0.1) is 22.3 Å². The third-order valence-electron chi connectivity index (χ3n) is 13.0. The lowest BCUT2D eigenvalue weighted by Gasteiger charge is -2.13. The highest BCUT2D eigenvalue weighted by molar-refractivity contribution is 6.34. The number of nitrogens with zero attached hydrogens (tertiary/aromatic N) is 4. The lowest BCUT2D eigenvalue weighted by atomic mass is 9.90. The van der Waals surface area contributed by atoms with E-state index < -0.39 is 0 Å². The summed E-state index contributed by atoms with van der Waals surface area (Å²) < 4.78 is 8.58. The Hall–Kier alpha value is -8.36. The fourth-order valence-corrected chi connectivity index (χ4v) is 9.01. The largest absolute Gasteiger partial charge is 0.352 e. The van der Waals surface area contributed by atoms with Gasteiger partial charge in [-0.05, 0) is 66.9 Å². The maximum absolute atomic E-state index is 14.4. The van der Waals surface area contributed by atoms with Crippen molar-refractivity contribution in [2.24, 2.45) is 0 Å². The Kier molecular flexibility index (Phi) is 16.0. The van der Waals surface area contributed by atoms with Gasteiger partial charge in [0.2, 0.25) is 5.91 Å². The molecule has 8 radical (unpaired) electrons. The van der Waals surface area contributed by atoms with E-state index in [4.69, 9.17) is 31.4 Å². The zero-order valence-electron chi connectivity index (χ0n) is 41.6. The van der Waals surface area contributed by atoms with E-state index in [9.17, 15) is 9.59 Å². The van der Waals surface area contributed by atoms with Gasteiger partial charge in [-0.1, -0.05) is 125 Å². The molecule has 2 N–H and O–H groups in total. The normalized spacial score (nSPS) is 11.0. The van der Waals surface area contributed by atoms with E-state index in [1.807, 2.05) is 134 Å². The van der Waals surface area contributed by atoms with Crippen molar-refractivity contribution in [3.63, 3.8) is 0 Å². The molecule has 0 aliphatic rings. The minimum atomic E-state index is -0.241. The van der Waals surface area contributed by atoms with Crippen LogP contribution >= 0.6 is 0 Å². The summed E-state index contributed by atoms with van der Waals surface area (Å²) >= 11 is 0. The molecule has 352 valence electrons. The molecule has 0 bridgehead atoms. The maximum Gasteiger partial charge on any atom is 0.251 e. The second kappa shape index (κ2) is 23.5. The summed E-state index contributed by atoms with van der Waals surface area (Å²) in [5.41, 5.74) is 15.2. The number of carbonyl (C=O) groups is 2. The molecule has 0 fully saturated rings. The Morgan fingerprint density at radius 2 is 0.757 bits per heavy atom. The summed E-state index contributed by atoms with van der Waals surface area (Å²) in [6.45, 7) is 8.36. The number of hydrogen-bond acceptors (Lipinski definition) is 2. The predicted molar refractivity (Wildman–Crippen MR) is 297 cm³/mol. The lowest BCUT2D eigenvalue weighted by molar-refractivity contribution is -0.689. The summed E-state index contributed by atoms with van der Waals surface area (Å²) in [7, 11) is 25.9. The Balaban J connectivity index is 1.17. The van der Waals surface area contributed by atoms with Gasteiger partial charge in [-0.25, -0.2) is 9.13 Å². The molecule has 4 heterocycles. The molecular formula is C62H54B4N6O2+4. The SMILES string of the molecule is [B]c1ccccc1C[n+]1cccc(-c2cc(-c3cc(C(=O)NCCCNC(=O)C(=C)C)cc(-c4cc(-c5ccc[n+](Cc6ccccc6[B])c5)c[n+](Cc5ccccc5[B])c4)c3)c[n+](Cc3ccccc3[B])c2)c1. The van der Waals surface area contributed by atoms with E-state index in [-0.39, 0.29) is 11.8 Å². The Morgan fingerprint density at radius 3 is 1.15 bits per heavy atom. The molecule has 4 aromatic heterocycles. The van der Waals surface area contributed by atoms with Gasteiger partial charge in [0.1, 0.15) is 31.4 Å². The summed E-state index contributed by atoms with van der Waals surface area (Å²) in [5, 5.41) is 5.98. The fraction of sp³-hybridized carbons (Fsp3) is 0.129. The van der Waals surface area contributed by atoms with Crippen molar-refractivity contribution < 1.29 is 27.9 Å². The smallest absolute Gasteiger partial charge is 0.251 e. The van der Waals surface area contributed by atoms with E-state index in [2.05, 4.69) is 103 Å². The molecule has 5 aromatic carbocycles. The van der Waals surface area contributed by atoms with Crippen molar-refractivity contribution in [3.05, 3.63) is 241 Å². The Bertz CT molecular complexity index is 3340. The first-order valence-corrected chi connectivity index (χ1v) is 24.7. The Morgan fingerprint density at radius 1 is 0.419 bits per heavy atom. The molecule has 74 heavy (non-hydrogen) atoms. The predicted octanol–water partition coefficient (Wildman–Crippen LogP) is 4.69. The van der Waals surface area contributed by atoms with Gasteiger partial charge >= 0.3 is 0 Å². The zero-order valence-corrected chi connectivity index (χ0v) is 41.6.